The predicted molar refractivity (Wildman–Crippen MR) is 145 cm³/mol. The summed E-state index contributed by atoms with van der Waals surface area (Å²) in [7, 11) is 1.49. The van der Waals surface area contributed by atoms with Crippen LogP contribution in [0.5, 0.6) is 5.75 Å². The van der Waals surface area contributed by atoms with Gasteiger partial charge in [-0.1, -0.05) is 60.2 Å². The van der Waals surface area contributed by atoms with Crippen molar-refractivity contribution in [3.8, 4) is 5.75 Å². The molecule has 4 aromatic carbocycles. The van der Waals surface area contributed by atoms with Gasteiger partial charge < -0.3 is 15.2 Å². The van der Waals surface area contributed by atoms with Gasteiger partial charge in [0, 0.05) is 17.1 Å². The van der Waals surface area contributed by atoms with Crippen LogP contribution in [0, 0.1) is 6.92 Å². The van der Waals surface area contributed by atoms with Crippen LogP contribution in [0.25, 0.3) is 5.76 Å². The van der Waals surface area contributed by atoms with Gasteiger partial charge in [-0.3, -0.25) is 14.5 Å². The third-order valence-electron chi connectivity index (χ3n) is 6.37. The molecule has 0 radical (unpaired) electrons. The van der Waals surface area contributed by atoms with Gasteiger partial charge in [-0.25, -0.2) is 0 Å². The molecule has 4 aromatic rings. The Morgan fingerprint density at radius 1 is 0.838 bits per heavy atom. The van der Waals surface area contributed by atoms with Crippen molar-refractivity contribution in [2.24, 2.45) is 0 Å². The number of Topliss-reactive ketones (excluding diaryl/α,β-unsaturated/α-hetero) is 1. The summed E-state index contributed by atoms with van der Waals surface area (Å²) >= 11 is 0. The van der Waals surface area contributed by atoms with Gasteiger partial charge in [-0.15, -0.1) is 0 Å². The van der Waals surface area contributed by atoms with Crippen molar-refractivity contribution >= 4 is 34.5 Å². The first-order valence-corrected chi connectivity index (χ1v) is 11.9. The van der Waals surface area contributed by atoms with Gasteiger partial charge in [0.05, 0.1) is 24.3 Å². The van der Waals surface area contributed by atoms with Crippen molar-refractivity contribution in [1.29, 1.82) is 0 Å². The average molecular weight is 491 g/mol. The predicted octanol–water partition coefficient (Wildman–Crippen LogP) is 6.37. The lowest BCUT2D eigenvalue weighted by Crippen LogP contribution is -2.29. The first-order chi connectivity index (χ1) is 18.0. The number of benzene rings is 4. The zero-order chi connectivity index (χ0) is 25.9. The Morgan fingerprint density at radius 3 is 2.22 bits per heavy atom. The standard InChI is InChI=1S/C31H26N2O4/c1-20-9-8-10-21(19-20)28-27(29(34)25-13-6-7-14-26(25)37-2)30(35)31(36)33(28)24-17-15-23(16-18-24)32-22-11-4-3-5-12-22/h3-19,28,32,34H,1-2H3/b29-27-. The van der Waals surface area contributed by atoms with E-state index < -0.39 is 17.7 Å². The number of aryl methyl sites for hydroxylation is 1. The maximum Gasteiger partial charge on any atom is 0.300 e. The molecule has 1 aliphatic heterocycles. The average Bonchev–Trinajstić information content (AvgIpc) is 3.19. The molecule has 0 bridgehead atoms. The number of para-hydroxylation sites is 2. The van der Waals surface area contributed by atoms with Crippen LogP contribution < -0.4 is 15.0 Å². The molecule has 1 heterocycles. The zero-order valence-corrected chi connectivity index (χ0v) is 20.5. The first kappa shape index (κ1) is 23.9. The second-order valence-electron chi connectivity index (χ2n) is 8.82. The van der Waals surface area contributed by atoms with Crippen molar-refractivity contribution in [3.63, 3.8) is 0 Å². The smallest absolute Gasteiger partial charge is 0.300 e. The molecule has 0 aromatic heterocycles. The van der Waals surface area contributed by atoms with E-state index in [1.165, 1.54) is 12.0 Å². The molecule has 2 N–H and O–H groups in total. The Bertz CT molecular complexity index is 1490. The molecule has 37 heavy (non-hydrogen) atoms. The Balaban J connectivity index is 1.61. The maximum atomic E-state index is 13.4. The molecule has 1 aliphatic rings. The van der Waals surface area contributed by atoms with E-state index in [-0.39, 0.29) is 11.3 Å². The molecule has 0 aliphatic carbocycles. The highest BCUT2D eigenvalue weighted by molar-refractivity contribution is 6.51. The molecular formula is C31H26N2O4. The van der Waals surface area contributed by atoms with E-state index in [2.05, 4.69) is 5.32 Å². The number of carbonyl (C=O) groups is 2. The highest BCUT2D eigenvalue weighted by atomic mass is 16.5. The number of carbonyl (C=O) groups excluding carboxylic acids is 2. The zero-order valence-electron chi connectivity index (χ0n) is 20.5. The van der Waals surface area contributed by atoms with Crippen molar-refractivity contribution < 1.29 is 19.4 Å². The summed E-state index contributed by atoms with van der Waals surface area (Å²) in [5.74, 6) is -1.31. The Hall–Kier alpha value is -4.84. The van der Waals surface area contributed by atoms with Crippen LogP contribution in [-0.2, 0) is 9.59 Å². The van der Waals surface area contributed by atoms with E-state index in [1.807, 2.05) is 73.7 Å². The fourth-order valence-electron chi connectivity index (χ4n) is 4.63. The highest BCUT2D eigenvalue weighted by Gasteiger charge is 2.47. The molecule has 1 unspecified atom stereocenters. The van der Waals surface area contributed by atoms with Crippen LogP contribution in [0.1, 0.15) is 22.7 Å². The third kappa shape index (κ3) is 4.57. The van der Waals surface area contributed by atoms with E-state index in [4.69, 9.17) is 4.74 Å². The van der Waals surface area contributed by atoms with Crippen LogP contribution >= 0.6 is 0 Å². The molecule has 6 nitrogen and oxygen atoms in total. The topological polar surface area (TPSA) is 78.9 Å². The van der Waals surface area contributed by atoms with Gasteiger partial charge in [0.1, 0.15) is 11.5 Å². The lowest BCUT2D eigenvalue weighted by molar-refractivity contribution is -0.132. The minimum atomic E-state index is -0.808. The Kier molecular flexibility index (Phi) is 6.47. The van der Waals surface area contributed by atoms with Crippen molar-refractivity contribution in [3.05, 3.63) is 125 Å². The van der Waals surface area contributed by atoms with Gasteiger partial charge in [0.2, 0.25) is 0 Å². The molecule has 1 fully saturated rings. The van der Waals surface area contributed by atoms with Crippen LogP contribution in [0.3, 0.4) is 0 Å². The summed E-state index contributed by atoms with van der Waals surface area (Å²) < 4.78 is 5.41. The quantitative estimate of drug-likeness (QED) is 0.186. The number of methoxy groups -OCH3 is 1. The summed E-state index contributed by atoms with van der Waals surface area (Å²) in [5.41, 5.74) is 4.39. The normalized spacial score (nSPS) is 16.6. The van der Waals surface area contributed by atoms with Crippen LogP contribution in [0.15, 0.2) is 109 Å². The SMILES string of the molecule is COc1ccccc1/C(O)=C1/C(=O)C(=O)N(c2ccc(Nc3ccccc3)cc2)C1c1cccc(C)c1. The minimum Gasteiger partial charge on any atom is -0.507 e. The Labute approximate surface area is 215 Å². The van der Waals surface area contributed by atoms with E-state index in [0.717, 1.165) is 22.5 Å². The fraction of sp³-hybridized carbons (Fsp3) is 0.0968. The molecular weight excluding hydrogens is 464 g/mol. The van der Waals surface area contributed by atoms with Gasteiger partial charge in [0.15, 0.2) is 0 Å². The summed E-state index contributed by atoms with van der Waals surface area (Å²) in [6.45, 7) is 1.94. The molecule has 0 saturated carbocycles. The van der Waals surface area contributed by atoms with E-state index in [0.29, 0.717) is 17.0 Å². The van der Waals surface area contributed by atoms with Gasteiger partial charge >= 0.3 is 0 Å². The summed E-state index contributed by atoms with van der Waals surface area (Å²) in [6.07, 6.45) is 0. The molecule has 1 saturated heterocycles. The number of nitrogens with zero attached hydrogens (tertiary/aromatic N) is 1. The second-order valence-corrected chi connectivity index (χ2v) is 8.82. The molecule has 1 atom stereocenters. The van der Waals surface area contributed by atoms with Crippen molar-refractivity contribution in [2.45, 2.75) is 13.0 Å². The second kappa shape index (κ2) is 10.0. The molecule has 5 rings (SSSR count). The summed E-state index contributed by atoms with van der Waals surface area (Å²) in [6, 6.07) is 30.7. The molecule has 0 spiro atoms. The monoisotopic (exact) mass is 490 g/mol. The van der Waals surface area contributed by atoms with E-state index >= 15 is 0 Å². The number of nitrogens with one attached hydrogen (secondary N) is 1. The summed E-state index contributed by atoms with van der Waals surface area (Å²) in [4.78, 5) is 28.3. The summed E-state index contributed by atoms with van der Waals surface area (Å²) in [5, 5.41) is 14.7. The lowest BCUT2D eigenvalue weighted by Gasteiger charge is -2.26. The number of amides is 1. The number of aliphatic hydroxyl groups is 1. The van der Waals surface area contributed by atoms with Crippen LogP contribution in [0.4, 0.5) is 17.1 Å². The van der Waals surface area contributed by atoms with Gasteiger partial charge in [0.25, 0.3) is 11.7 Å². The number of anilines is 3. The number of hydrogen-bond acceptors (Lipinski definition) is 5. The van der Waals surface area contributed by atoms with Gasteiger partial charge in [-0.2, -0.15) is 0 Å². The van der Waals surface area contributed by atoms with Crippen molar-refractivity contribution in [1.82, 2.24) is 0 Å². The third-order valence-corrected chi connectivity index (χ3v) is 6.37. The first-order valence-electron chi connectivity index (χ1n) is 11.9. The van der Waals surface area contributed by atoms with E-state index in [9.17, 15) is 14.7 Å². The van der Waals surface area contributed by atoms with Crippen LogP contribution in [0.2, 0.25) is 0 Å². The molecule has 184 valence electrons. The number of hydrogen-bond donors (Lipinski definition) is 2. The highest BCUT2D eigenvalue weighted by Crippen LogP contribution is 2.43. The van der Waals surface area contributed by atoms with E-state index in [1.54, 1.807) is 36.4 Å². The minimum absolute atomic E-state index is 0.0200. The fourth-order valence-corrected chi connectivity index (χ4v) is 4.63. The van der Waals surface area contributed by atoms with Gasteiger partial charge in [-0.05, 0) is 61.0 Å². The number of ether oxygens (including phenoxy) is 1. The number of rotatable bonds is 6. The van der Waals surface area contributed by atoms with Crippen LogP contribution in [-0.4, -0.2) is 23.9 Å². The van der Waals surface area contributed by atoms with Crippen molar-refractivity contribution in [2.75, 3.05) is 17.3 Å². The number of aliphatic hydroxyl groups excluding tert-OH is 1. The molecule has 1 amide bonds. The lowest BCUT2D eigenvalue weighted by atomic mass is 9.94. The Morgan fingerprint density at radius 2 is 1.51 bits per heavy atom. The number of ketones is 1. The molecule has 6 heteroatoms. The maximum absolute atomic E-state index is 13.4. The largest absolute Gasteiger partial charge is 0.507 e.